The smallest absolute Gasteiger partial charge is 0.191 e. The Balaban J connectivity index is 1.70. The molecule has 0 aromatic carbocycles. The molecule has 0 amide bonds. The van der Waals surface area contributed by atoms with Crippen LogP contribution in [0.2, 0.25) is 0 Å². The van der Waals surface area contributed by atoms with Crippen LogP contribution >= 0.6 is 11.3 Å². The molecule has 82 valence electrons. The summed E-state index contributed by atoms with van der Waals surface area (Å²) in [6.07, 6.45) is 2.74. The Kier molecular flexibility index (Phi) is 3.61. The molecule has 0 spiro atoms. The van der Waals surface area contributed by atoms with Gasteiger partial charge in [0, 0.05) is 18.5 Å². The number of aliphatic imine (C=N–C) groups is 1. The van der Waals surface area contributed by atoms with Crippen molar-refractivity contribution in [1.29, 1.82) is 0 Å². The number of hydrogen-bond acceptors (Lipinski definition) is 2. The molecule has 1 heterocycles. The van der Waals surface area contributed by atoms with E-state index in [1.807, 2.05) is 7.05 Å². The lowest BCUT2D eigenvalue weighted by atomic mass is 10.4. The largest absolute Gasteiger partial charge is 0.356 e. The summed E-state index contributed by atoms with van der Waals surface area (Å²) in [6, 6.07) is 4.20. The highest BCUT2D eigenvalue weighted by Gasteiger charge is 2.20. The Bertz CT molecular complexity index is 315. The van der Waals surface area contributed by atoms with Crippen molar-refractivity contribution in [2.75, 3.05) is 13.6 Å². The fraction of sp³-hybridized carbons (Fsp3) is 0.545. The highest BCUT2D eigenvalue weighted by atomic mass is 32.1. The van der Waals surface area contributed by atoms with E-state index in [0.717, 1.165) is 25.0 Å². The van der Waals surface area contributed by atoms with E-state index in [-0.39, 0.29) is 0 Å². The highest BCUT2D eigenvalue weighted by Crippen LogP contribution is 2.27. The first kappa shape index (κ1) is 10.5. The van der Waals surface area contributed by atoms with Crippen LogP contribution in [0.1, 0.15) is 17.7 Å². The van der Waals surface area contributed by atoms with Gasteiger partial charge in [0.05, 0.1) is 6.54 Å². The van der Waals surface area contributed by atoms with Crippen LogP contribution in [0, 0.1) is 5.92 Å². The standard InChI is InChI=1S/C11H17N3S/c1-12-11(13-7-9-4-5-9)14-8-10-3-2-6-15-10/h2-3,6,9H,4-5,7-8H2,1H3,(H2,12,13,14). The molecule has 0 unspecified atom stereocenters. The van der Waals surface area contributed by atoms with Gasteiger partial charge in [-0.15, -0.1) is 11.3 Å². The van der Waals surface area contributed by atoms with Crippen LogP contribution in [0.4, 0.5) is 0 Å². The lowest BCUT2D eigenvalue weighted by Crippen LogP contribution is -2.37. The van der Waals surface area contributed by atoms with Crippen LogP contribution in [-0.2, 0) is 6.54 Å². The number of guanidine groups is 1. The van der Waals surface area contributed by atoms with E-state index in [9.17, 15) is 0 Å². The van der Waals surface area contributed by atoms with Crippen molar-refractivity contribution < 1.29 is 0 Å². The zero-order valence-electron chi connectivity index (χ0n) is 8.99. The van der Waals surface area contributed by atoms with Crippen molar-refractivity contribution in [2.45, 2.75) is 19.4 Å². The summed E-state index contributed by atoms with van der Waals surface area (Å²) in [7, 11) is 1.82. The third-order valence-electron chi connectivity index (χ3n) is 2.49. The van der Waals surface area contributed by atoms with E-state index in [2.05, 4.69) is 33.1 Å². The normalized spacial score (nSPS) is 16.5. The number of nitrogens with one attached hydrogen (secondary N) is 2. The SMILES string of the molecule is CN=C(NCc1cccs1)NCC1CC1. The van der Waals surface area contributed by atoms with Crippen LogP contribution in [0.5, 0.6) is 0 Å². The number of nitrogens with zero attached hydrogens (tertiary/aromatic N) is 1. The van der Waals surface area contributed by atoms with Gasteiger partial charge in [0.25, 0.3) is 0 Å². The lowest BCUT2D eigenvalue weighted by Gasteiger charge is -2.10. The Labute approximate surface area is 94.6 Å². The number of thiophene rings is 1. The maximum Gasteiger partial charge on any atom is 0.191 e. The van der Waals surface area contributed by atoms with Gasteiger partial charge >= 0.3 is 0 Å². The number of rotatable bonds is 4. The Hall–Kier alpha value is -1.03. The summed E-state index contributed by atoms with van der Waals surface area (Å²) in [5.41, 5.74) is 0. The first-order valence-corrected chi connectivity index (χ1v) is 6.23. The fourth-order valence-corrected chi connectivity index (χ4v) is 2.01. The average molecular weight is 223 g/mol. The average Bonchev–Trinajstić information content (AvgIpc) is 2.94. The molecule has 0 atom stereocenters. The zero-order chi connectivity index (χ0) is 10.5. The lowest BCUT2D eigenvalue weighted by molar-refractivity contribution is 0.739. The Morgan fingerprint density at radius 2 is 2.40 bits per heavy atom. The third kappa shape index (κ3) is 3.55. The minimum Gasteiger partial charge on any atom is -0.356 e. The second-order valence-corrected chi connectivity index (χ2v) is 4.86. The van der Waals surface area contributed by atoms with Crippen molar-refractivity contribution in [3.8, 4) is 0 Å². The van der Waals surface area contributed by atoms with Gasteiger partial charge in [0.15, 0.2) is 5.96 Å². The maximum absolute atomic E-state index is 4.19. The van der Waals surface area contributed by atoms with Gasteiger partial charge in [0.2, 0.25) is 0 Å². The molecular formula is C11H17N3S. The Morgan fingerprint density at radius 1 is 1.53 bits per heavy atom. The van der Waals surface area contributed by atoms with Crippen molar-refractivity contribution in [3.63, 3.8) is 0 Å². The molecule has 1 aromatic heterocycles. The van der Waals surface area contributed by atoms with Crippen LogP contribution in [-0.4, -0.2) is 19.6 Å². The van der Waals surface area contributed by atoms with Gasteiger partial charge in [-0.3, -0.25) is 4.99 Å². The monoisotopic (exact) mass is 223 g/mol. The Morgan fingerprint density at radius 3 is 3.00 bits per heavy atom. The summed E-state index contributed by atoms with van der Waals surface area (Å²) < 4.78 is 0. The molecule has 1 saturated carbocycles. The van der Waals surface area contributed by atoms with E-state index >= 15 is 0 Å². The minimum atomic E-state index is 0.863. The number of hydrogen-bond donors (Lipinski definition) is 2. The van der Waals surface area contributed by atoms with E-state index in [1.165, 1.54) is 17.7 Å². The van der Waals surface area contributed by atoms with E-state index in [1.54, 1.807) is 11.3 Å². The first-order chi connectivity index (χ1) is 7.38. The van der Waals surface area contributed by atoms with Crippen LogP contribution in [0.25, 0.3) is 0 Å². The van der Waals surface area contributed by atoms with Crippen molar-refractivity contribution in [2.24, 2.45) is 10.9 Å². The van der Waals surface area contributed by atoms with E-state index in [4.69, 9.17) is 0 Å². The molecule has 2 N–H and O–H groups in total. The predicted octanol–water partition coefficient (Wildman–Crippen LogP) is 1.82. The molecule has 1 aliphatic carbocycles. The van der Waals surface area contributed by atoms with Gasteiger partial charge in [-0.1, -0.05) is 6.07 Å². The van der Waals surface area contributed by atoms with Gasteiger partial charge in [-0.05, 0) is 30.2 Å². The second-order valence-electron chi connectivity index (χ2n) is 3.83. The molecule has 0 saturated heterocycles. The van der Waals surface area contributed by atoms with Gasteiger partial charge in [-0.2, -0.15) is 0 Å². The molecule has 0 bridgehead atoms. The molecule has 2 rings (SSSR count). The predicted molar refractivity (Wildman–Crippen MR) is 65.2 cm³/mol. The van der Waals surface area contributed by atoms with E-state index < -0.39 is 0 Å². The molecular weight excluding hydrogens is 206 g/mol. The molecule has 1 aliphatic rings. The van der Waals surface area contributed by atoms with Crippen LogP contribution in [0.3, 0.4) is 0 Å². The molecule has 0 aliphatic heterocycles. The zero-order valence-corrected chi connectivity index (χ0v) is 9.81. The van der Waals surface area contributed by atoms with Gasteiger partial charge in [-0.25, -0.2) is 0 Å². The summed E-state index contributed by atoms with van der Waals surface area (Å²) >= 11 is 1.77. The molecule has 1 aromatic rings. The minimum absolute atomic E-state index is 0.863. The van der Waals surface area contributed by atoms with E-state index in [0.29, 0.717) is 0 Å². The maximum atomic E-state index is 4.19. The van der Waals surface area contributed by atoms with Gasteiger partial charge < -0.3 is 10.6 Å². The van der Waals surface area contributed by atoms with Crippen molar-refractivity contribution in [3.05, 3.63) is 22.4 Å². The first-order valence-electron chi connectivity index (χ1n) is 5.35. The molecule has 3 nitrogen and oxygen atoms in total. The van der Waals surface area contributed by atoms with Gasteiger partial charge in [0.1, 0.15) is 0 Å². The van der Waals surface area contributed by atoms with Crippen LogP contribution in [0.15, 0.2) is 22.5 Å². The quantitative estimate of drug-likeness (QED) is 0.603. The summed E-state index contributed by atoms with van der Waals surface area (Å²) in [6.45, 7) is 1.92. The van der Waals surface area contributed by atoms with Crippen molar-refractivity contribution >= 4 is 17.3 Å². The topological polar surface area (TPSA) is 36.4 Å². The summed E-state index contributed by atoms with van der Waals surface area (Å²) in [5, 5.41) is 8.74. The third-order valence-corrected chi connectivity index (χ3v) is 3.37. The molecule has 1 fully saturated rings. The molecule has 15 heavy (non-hydrogen) atoms. The summed E-state index contributed by atoms with van der Waals surface area (Å²) in [4.78, 5) is 5.52. The second kappa shape index (κ2) is 5.16. The highest BCUT2D eigenvalue weighted by molar-refractivity contribution is 7.09. The summed E-state index contributed by atoms with van der Waals surface area (Å²) in [5.74, 6) is 1.79. The molecule has 4 heteroatoms. The van der Waals surface area contributed by atoms with Crippen molar-refractivity contribution in [1.82, 2.24) is 10.6 Å². The van der Waals surface area contributed by atoms with Crippen LogP contribution < -0.4 is 10.6 Å². The fourth-order valence-electron chi connectivity index (χ4n) is 1.37. The molecule has 0 radical (unpaired) electrons.